The molecule has 9 heteroatoms. The molecule has 2 N–H and O–H groups in total. The van der Waals surface area contributed by atoms with Crippen molar-refractivity contribution in [1.82, 2.24) is 4.90 Å². The average Bonchev–Trinajstić information content (AvgIpc) is 3.49. The van der Waals surface area contributed by atoms with Gasteiger partial charge in [0.15, 0.2) is 0 Å². The zero-order chi connectivity index (χ0) is 27.2. The Kier molecular flexibility index (Phi) is 7.37. The number of hydrogen-bond donors (Lipinski definition) is 2. The molecule has 2 bridgehead atoms. The first-order valence-corrected chi connectivity index (χ1v) is 14.0. The van der Waals surface area contributed by atoms with Gasteiger partial charge in [-0.15, -0.1) is 0 Å². The first kappa shape index (κ1) is 26.8. The molecule has 3 unspecified atom stereocenters. The minimum atomic E-state index is -1.22. The number of aliphatic hydroxyl groups is 1. The van der Waals surface area contributed by atoms with Gasteiger partial charge in [-0.2, -0.15) is 0 Å². The van der Waals surface area contributed by atoms with E-state index in [4.69, 9.17) is 9.47 Å². The number of halogens is 1. The minimum Gasteiger partial charge on any atom is -0.466 e. The Morgan fingerprint density at radius 2 is 1.87 bits per heavy atom. The van der Waals surface area contributed by atoms with Crippen LogP contribution in [0.5, 0.6) is 0 Å². The summed E-state index contributed by atoms with van der Waals surface area (Å²) in [5.74, 6) is -2.96. The maximum Gasteiger partial charge on any atom is 0.312 e. The van der Waals surface area contributed by atoms with Gasteiger partial charge in [-0.3, -0.25) is 14.4 Å². The third-order valence-corrected chi connectivity index (χ3v) is 9.03. The van der Waals surface area contributed by atoms with Gasteiger partial charge in [0.1, 0.15) is 11.6 Å². The monoisotopic (exact) mass is 584 g/mol. The van der Waals surface area contributed by atoms with Crippen molar-refractivity contribution in [2.75, 3.05) is 18.5 Å². The van der Waals surface area contributed by atoms with Crippen molar-refractivity contribution >= 4 is 39.4 Å². The number of hydrogen-bond acceptors (Lipinski definition) is 6. The van der Waals surface area contributed by atoms with E-state index in [2.05, 4.69) is 21.2 Å². The van der Waals surface area contributed by atoms with Crippen LogP contribution in [0.2, 0.25) is 0 Å². The topological polar surface area (TPSA) is 105 Å². The standard InChI is InChI=1S/C29H33BrN2O6/c1-4-37-28(36)21-22-27(35)32(19(15-33)13-18-11-6-5-7-12-18)25(29(22)14-20(30)24(21)38-29)26(34)31-23-16(2)9-8-10-17(23)3/h5-12,19-22,24-25,33H,4,13-15H2,1-3H3,(H,31,34)/t19-,20?,21+,22+,24+,25?,29?/m1/s1. The van der Waals surface area contributed by atoms with Gasteiger partial charge in [0, 0.05) is 10.5 Å². The van der Waals surface area contributed by atoms with Gasteiger partial charge in [-0.25, -0.2) is 0 Å². The van der Waals surface area contributed by atoms with Gasteiger partial charge in [-0.05, 0) is 50.3 Å². The molecule has 5 rings (SSSR count). The molecule has 3 aliphatic rings. The van der Waals surface area contributed by atoms with Crippen LogP contribution in [-0.2, 0) is 30.3 Å². The molecule has 3 aliphatic heterocycles. The van der Waals surface area contributed by atoms with Crippen molar-refractivity contribution in [2.45, 2.75) is 62.2 Å². The molecule has 1 spiro atoms. The first-order chi connectivity index (χ1) is 18.2. The van der Waals surface area contributed by atoms with Crippen LogP contribution < -0.4 is 5.32 Å². The quantitative estimate of drug-likeness (QED) is 0.365. The number of anilines is 1. The largest absolute Gasteiger partial charge is 0.466 e. The molecular weight excluding hydrogens is 552 g/mol. The van der Waals surface area contributed by atoms with Gasteiger partial charge >= 0.3 is 5.97 Å². The summed E-state index contributed by atoms with van der Waals surface area (Å²) in [6, 6.07) is 13.6. The maximum atomic E-state index is 14.2. The van der Waals surface area contributed by atoms with Crippen LogP contribution in [0.25, 0.3) is 0 Å². The molecule has 202 valence electrons. The number of para-hydroxylation sites is 1. The number of ether oxygens (including phenoxy) is 2. The van der Waals surface area contributed by atoms with Crippen LogP contribution in [0.4, 0.5) is 5.69 Å². The molecule has 8 nitrogen and oxygen atoms in total. The summed E-state index contributed by atoms with van der Waals surface area (Å²) in [5.41, 5.74) is 2.17. The zero-order valence-corrected chi connectivity index (χ0v) is 23.3. The van der Waals surface area contributed by atoms with Gasteiger partial charge < -0.3 is 24.8 Å². The molecule has 0 aromatic heterocycles. The zero-order valence-electron chi connectivity index (χ0n) is 21.7. The number of likely N-dealkylation sites (tertiary alicyclic amines) is 1. The summed E-state index contributed by atoms with van der Waals surface area (Å²) in [4.78, 5) is 42.8. The lowest BCUT2D eigenvalue weighted by atomic mass is 9.70. The highest BCUT2D eigenvalue weighted by atomic mass is 79.9. The van der Waals surface area contributed by atoms with Gasteiger partial charge in [0.25, 0.3) is 0 Å². The number of carbonyl (C=O) groups is 3. The molecule has 0 saturated carbocycles. The second kappa shape index (κ2) is 10.4. The summed E-state index contributed by atoms with van der Waals surface area (Å²) in [5, 5.41) is 13.6. The fourth-order valence-corrected chi connectivity index (χ4v) is 7.55. The van der Waals surface area contributed by atoms with E-state index in [9.17, 15) is 19.5 Å². The van der Waals surface area contributed by atoms with Crippen LogP contribution in [-0.4, -0.2) is 69.6 Å². The third kappa shape index (κ3) is 4.25. The predicted octanol–water partition coefficient (Wildman–Crippen LogP) is 3.16. The van der Waals surface area contributed by atoms with Crippen LogP contribution in [0.15, 0.2) is 48.5 Å². The first-order valence-electron chi connectivity index (χ1n) is 13.1. The number of alkyl halides is 1. The molecular formula is C29H33BrN2O6. The predicted molar refractivity (Wildman–Crippen MR) is 145 cm³/mol. The van der Waals surface area contributed by atoms with Crippen molar-refractivity contribution < 1.29 is 29.0 Å². The van der Waals surface area contributed by atoms with Gasteiger partial charge in [-0.1, -0.05) is 64.5 Å². The number of aryl methyl sites for hydroxylation is 2. The number of esters is 1. The summed E-state index contributed by atoms with van der Waals surface area (Å²) in [7, 11) is 0. The number of rotatable bonds is 8. The second-order valence-electron chi connectivity index (χ2n) is 10.4. The Balaban J connectivity index is 1.58. The Morgan fingerprint density at radius 1 is 1.18 bits per heavy atom. The summed E-state index contributed by atoms with van der Waals surface area (Å²) in [6.07, 6.45) is 0.154. The normalized spacial score (nSPS) is 30.3. The fraction of sp³-hybridized carbons (Fsp3) is 0.483. The number of aliphatic hydroxyl groups excluding tert-OH is 1. The summed E-state index contributed by atoms with van der Waals surface area (Å²) >= 11 is 3.66. The fourth-order valence-electron chi connectivity index (χ4n) is 6.61. The highest BCUT2D eigenvalue weighted by molar-refractivity contribution is 9.09. The van der Waals surface area contributed by atoms with E-state index in [1.165, 1.54) is 4.90 Å². The van der Waals surface area contributed by atoms with Crippen LogP contribution in [0.1, 0.15) is 30.0 Å². The average molecular weight is 585 g/mol. The lowest BCUT2D eigenvalue weighted by Crippen LogP contribution is -2.57. The molecule has 7 atom stereocenters. The Bertz CT molecular complexity index is 1220. The van der Waals surface area contributed by atoms with E-state index in [0.717, 1.165) is 16.7 Å². The smallest absolute Gasteiger partial charge is 0.312 e. The highest BCUT2D eigenvalue weighted by Crippen LogP contribution is 2.60. The Labute approximate surface area is 230 Å². The van der Waals surface area contributed by atoms with Crippen molar-refractivity contribution in [1.29, 1.82) is 0 Å². The number of nitrogens with one attached hydrogen (secondary N) is 1. The summed E-state index contributed by atoms with van der Waals surface area (Å²) in [6.45, 7) is 5.38. The Morgan fingerprint density at radius 3 is 2.50 bits per heavy atom. The SMILES string of the molecule is CCOC(=O)[C@H]1[C@H]2C(=O)N([C@@H](CO)Cc3ccccc3)C(C(=O)Nc3c(C)cccc3C)C23CC(Br)[C@@H]1O3. The highest BCUT2D eigenvalue weighted by Gasteiger charge is 2.77. The molecule has 0 aliphatic carbocycles. The molecule has 38 heavy (non-hydrogen) atoms. The van der Waals surface area contributed by atoms with Gasteiger partial charge in [0.2, 0.25) is 11.8 Å². The number of amides is 2. The summed E-state index contributed by atoms with van der Waals surface area (Å²) < 4.78 is 11.9. The molecule has 0 radical (unpaired) electrons. The molecule has 2 amide bonds. The number of carbonyl (C=O) groups excluding carboxylic acids is 3. The van der Waals surface area contributed by atoms with Gasteiger partial charge in [0.05, 0.1) is 37.2 Å². The lowest BCUT2D eigenvalue weighted by Gasteiger charge is -2.37. The van der Waals surface area contributed by atoms with Crippen molar-refractivity contribution in [3.8, 4) is 0 Å². The maximum absolute atomic E-state index is 14.2. The molecule has 2 aromatic rings. The van der Waals surface area contributed by atoms with Crippen molar-refractivity contribution in [2.24, 2.45) is 11.8 Å². The van der Waals surface area contributed by atoms with Crippen LogP contribution in [0.3, 0.4) is 0 Å². The number of nitrogens with zero attached hydrogens (tertiary/aromatic N) is 1. The third-order valence-electron chi connectivity index (χ3n) is 8.18. The number of benzene rings is 2. The van der Waals surface area contributed by atoms with Crippen molar-refractivity contribution in [3.05, 3.63) is 65.2 Å². The molecule has 3 heterocycles. The van der Waals surface area contributed by atoms with E-state index in [1.807, 2.05) is 62.4 Å². The van der Waals surface area contributed by atoms with E-state index in [0.29, 0.717) is 18.5 Å². The lowest BCUT2D eigenvalue weighted by molar-refractivity contribution is -0.155. The van der Waals surface area contributed by atoms with E-state index in [-0.39, 0.29) is 23.9 Å². The minimum absolute atomic E-state index is 0.177. The van der Waals surface area contributed by atoms with E-state index < -0.39 is 47.5 Å². The molecule has 3 fully saturated rings. The molecule has 3 saturated heterocycles. The second-order valence-corrected chi connectivity index (χ2v) is 11.6. The van der Waals surface area contributed by atoms with E-state index in [1.54, 1.807) is 6.92 Å². The molecule has 2 aromatic carbocycles. The van der Waals surface area contributed by atoms with Crippen molar-refractivity contribution in [3.63, 3.8) is 0 Å². The van der Waals surface area contributed by atoms with Crippen LogP contribution >= 0.6 is 15.9 Å². The van der Waals surface area contributed by atoms with Crippen LogP contribution in [0, 0.1) is 25.7 Å². The number of fused-ring (bicyclic) bond motifs is 1. The Hall–Kier alpha value is -2.75. The van der Waals surface area contributed by atoms with E-state index >= 15 is 0 Å².